The maximum Gasteiger partial charge on any atom is 0.394 e. The second-order valence-corrected chi connectivity index (χ2v) is 8.44. The Balaban J connectivity index is 1.98. The van der Waals surface area contributed by atoms with E-state index in [0.29, 0.717) is 16.9 Å². The molecule has 1 atom stereocenters. The van der Waals surface area contributed by atoms with Crippen molar-refractivity contribution in [2.75, 3.05) is 11.9 Å². The summed E-state index contributed by atoms with van der Waals surface area (Å²) >= 11 is 0. The average Bonchev–Trinajstić information content (AvgIpc) is 2.80. The molecule has 33 heavy (non-hydrogen) atoms. The van der Waals surface area contributed by atoms with Crippen LogP contribution >= 0.6 is 0 Å². The van der Waals surface area contributed by atoms with E-state index in [0.717, 1.165) is 11.1 Å². The summed E-state index contributed by atoms with van der Waals surface area (Å²) in [6, 6.07) is 21.4. The van der Waals surface area contributed by atoms with Crippen molar-refractivity contribution >= 4 is 29.5 Å². The van der Waals surface area contributed by atoms with Gasteiger partial charge in [0, 0.05) is 35.6 Å². The molecular weight excluding hydrogens is 421 g/mol. The van der Waals surface area contributed by atoms with Gasteiger partial charge in [0.25, 0.3) is 0 Å². The lowest BCUT2D eigenvalue weighted by Crippen LogP contribution is -2.40. The monoisotopic (exact) mass is 447 g/mol. The molecule has 3 aromatic carbocycles. The van der Waals surface area contributed by atoms with Crippen LogP contribution in [0.2, 0.25) is 0 Å². The first kappa shape index (κ1) is 23.7. The first-order valence-electron chi connectivity index (χ1n) is 10.4. The van der Waals surface area contributed by atoms with Crippen LogP contribution in [0.5, 0.6) is 0 Å². The van der Waals surface area contributed by atoms with Crippen molar-refractivity contribution in [2.24, 2.45) is 5.41 Å². The van der Waals surface area contributed by atoms with Crippen LogP contribution in [0.4, 0.5) is 15.8 Å². The van der Waals surface area contributed by atoms with Gasteiger partial charge in [-0.3, -0.25) is 4.79 Å². The van der Waals surface area contributed by atoms with E-state index in [9.17, 15) is 14.0 Å². The minimum absolute atomic E-state index is 0.146. The summed E-state index contributed by atoms with van der Waals surface area (Å²) in [6.07, 6.45) is 1.25. The number of anilines is 2. The van der Waals surface area contributed by atoms with E-state index in [1.165, 1.54) is 18.3 Å². The van der Waals surface area contributed by atoms with Crippen molar-refractivity contribution in [2.45, 2.75) is 19.8 Å². The zero-order chi connectivity index (χ0) is 24.0. The number of amides is 1. The van der Waals surface area contributed by atoms with Gasteiger partial charge >= 0.3 is 11.9 Å². The Morgan fingerprint density at radius 2 is 1.70 bits per heavy atom. The van der Waals surface area contributed by atoms with E-state index in [1.54, 1.807) is 12.1 Å². The van der Waals surface area contributed by atoms with Gasteiger partial charge in [0.2, 0.25) is 0 Å². The van der Waals surface area contributed by atoms with Crippen molar-refractivity contribution in [1.82, 2.24) is 5.32 Å². The zero-order valence-electron chi connectivity index (χ0n) is 18.4. The standard InChI is InChI=1S/C26H26FN3O3/c1-26(2,16-29-24(31)25(32)33)23(17-6-4-3-5-7-17)18-8-13-22(19(14-18)15-28)30-21-11-9-20(27)10-12-21/h3-15,23,28,30H,16H2,1-2H3,(H,29,31)(H,32,33)/t23-/m1/s1. The molecule has 0 aliphatic rings. The Morgan fingerprint density at radius 1 is 1.03 bits per heavy atom. The fourth-order valence-corrected chi connectivity index (χ4v) is 3.91. The zero-order valence-corrected chi connectivity index (χ0v) is 18.4. The highest BCUT2D eigenvalue weighted by molar-refractivity contribution is 6.31. The lowest BCUT2D eigenvalue weighted by molar-refractivity contribution is -0.150. The smallest absolute Gasteiger partial charge is 0.394 e. The fraction of sp³-hybridized carbons (Fsp3) is 0.192. The second kappa shape index (κ2) is 10.1. The van der Waals surface area contributed by atoms with Gasteiger partial charge in [-0.25, -0.2) is 9.18 Å². The first-order chi connectivity index (χ1) is 15.7. The van der Waals surface area contributed by atoms with Gasteiger partial charge in [-0.1, -0.05) is 50.2 Å². The molecule has 3 aromatic rings. The van der Waals surface area contributed by atoms with E-state index in [2.05, 4.69) is 10.6 Å². The number of aliphatic carboxylic acids is 1. The minimum atomic E-state index is -1.52. The summed E-state index contributed by atoms with van der Waals surface area (Å²) in [5.41, 5.74) is 3.41. The predicted octanol–water partition coefficient (Wildman–Crippen LogP) is 4.93. The van der Waals surface area contributed by atoms with E-state index >= 15 is 0 Å². The molecule has 0 saturated heterocycles. The average molecular weight is 448 g/mol. The van der Waals surface area contributed by atoms with Crippen LogP contribution < -0.4 is 10.6 Å². The fourth-order valence-electron chi connectivity index (χ4n) is 3.91. The molecule has 0 radical (unpaired) electrons. The van der Waals surface area contributed by atoms with Crippen molar-refractivity contribution in [3.05, 3.63) is 95.3 Å². The maximum atomic E-state index is 13.2. The number of carbonyl (C=O) groups is 2. The van der Waals surface area contributed by atoms with Crippen LogP contribution in [0.25, 0.3) is 0 Å². The highest BCUT2D eigenvalue weighted by Gasteiger charge is 2.33. The Labute approximate surface area is 192 Å². The molecule has 0 saturated carbocycles. The number of carboxylic acids is 1. The van der Waals surface area contributed by atoms with Gasteiger partial charge in [0.15, 0.2) is 0 Å². The van der Waals surface area contributed by atoms with Crippen LogP contribution in [-0.4, -0.2) is 29.7 Å². The molecule has 4 N–H and O–H groups in total. The molecule has 0 aliphatic heterocycles. The van der Waals surface area contributed by atoms with Crippen molar-refractivity contribution < 1.29 is 19.1 Å². The third-order valence-electron chi connectivity index (χ3n) is 5.50. The lowest BCUT2D eigenvalue weighted by Gasteiger charge is -2.35. The summed E-state index contributed by atoms with van der Waals surface area (Å²) < 4.78 is 13.2. The normalized spacial score (nSPS) is 12.0. The third-order valence-corrected chi connectivity index (χ3v) is 5.50. The van der Waals surface area contributed by atoms with Crippen LogP contribution in [-0.2, 0) is 9.59 Å². The molecule has 170 valence electrons. The van der Waals surface area contributed by atoms with Gasteiger partial charge in [-0.2, -0.15) is 0 Å². The SMILES string of the molecule is CC(C)(CNC(=O)C(=O)O)[C@H](c1ccccc1)c1ccc(Nc2ccc(F)cc2)c(C=N)c1. The Hall–Kier alpha value is -4.00. The first-order valence-corrected chi connectivity index (χ1v) is 10.4. The maximum absolute atomic E-state index is 13.2. The van der Waals surface area contributed by atoms with Gasteiger partial charge in [-0.05, 0) is 52.9 Å². The molecular formula is C26H26FN3O3. The van der Waals surface area contributed by atoms with Gasteiger partial charge in [0.05, 0.1) is 0 Å². The molecule has 7 heteroatoms. The van der Waals surface area contributed by atoms with Crippen LogP contribution in [0.15, 0.2) is 72.8 Å². The summed E-state index contributed by atoms with van der Waals surface area (Å²) in [4.78, 5) is 22.6. The van der Waals surface area contributed by atoms with Gasteiger partial charge in [-0.15, -0.1) is 0 Å². The number of halogens is 1. The lowest BCUT2D eigenvalue weighted by atomic mass is 9.71. The number of rotatable bonds is 8. The van der Waals surface area contributed by atoms with E-state index < -0.39 is 17.3 Å². The van der Waals surface area contributed by atoms with Crippen LogP contribution in [0.1, 0.15) is 36.5 Å². The molecule has 0 heterocycles. The molecule has 0 aromatic heterocycles. The number of hydrogen-bond donors (Lipinski definition) is 4. The van der Waals surface area contributed by atoms with E-state index in [-0.39, 0.29) is 18.3 Å². The van der Waals surface area contributed by atoms with Crippen molar-refractivity contribution in [3.63, 3.8) is 0 Å². The number of hydrogen-bond acceptors (Lipinski definition) is 4. The molecule has 1 amide bonds. The minimum Gasteiger partial charge on any atom is -0.474 e. The number of benzene rings is 3. The molecule has 0 aliphatic carbocycles. The number of carboxylic acid groups (broad SMARTS) is 1. The quantitative estimate of drug-likeness (QED) is 0.291. The van der Waals surface area contributed by atoms with Crippen molar-refractivity contribution in [1.29, 1.82) is 5.41 Å². The van der Waals surface area contributed by atoms with Gasteiger partial charge in [0.1, 0.15) is 5.82 Å². The van der Waals surface area contributed by atoms with Crippen LogP contribution in [0.3, 0.4) is 0 Å². The Morgan fingerprint density at radius 3 is 2.30 bits per heavy atom. The predicted molar refractivity (Wildman–Crippen MR) is 127 cm³/mol. The summed E-state index contributed by atoms with van der Waals surface area (Å²) in [5, 5.41) is 22.5. The Bertz CT molecular complexity index is 1150. The highest BCUT2D eigenvalue weighted by Crippen LogP contribution is 2.41. The molecule has 6 nitrogen and oxygen atoms in total. The molecule has 0 bridgehead atoms. The molecule has 0 unspecified atom stereocenters. The third kappa shape index (κ3) is 5.83. The highest BCUT2D eigenvalue weighted by atomic mass is 19.1. The number of nitrogens with one attached hydrogen (secondary N) is 3. The molecule has 0 fully saturated rings. The summed E-state index contributed by atoms with van der Waals surface area (Å²) in [7, 11) is 0. The van der Waals surface area contributed by atoms with Crippen molar-refractivity contribution in [3.8, 4) is 0 Å². The van der Waals surface area contributed by atoms with Crippen LogP contribution in [0, 0.1) is 16.6 Å². The number of carbonyl (C=O) groups excluding carboxylic acids is 1. The topological polar surface area (TPSA) is 102 Å². The summed E-state index contributed by atoms with van der Waals surface area (Å²) in [6.45, 7) is 4.07. The Kier molecular flexibility index (Phi) is 7.23. The summed E-state index contributed by atoms with van der Waals surface area (Å²) in [5.74, 6) is -3.09. The van der Waals surface area contributed by atoms with E-state index in [1.807, 2.05) is 62.4 Å². The largest absolute Gasteiger partial charge is 0.474 e. The second-order valence-electron chi connectivity index (χ2n) is 8.44. The van der Waals surface area contributed by atoms with E-state index in [4.69, 9.17) is 10.5 Å². The van der Waals surface area contributed by atoms with Gasteiger partial charge < -0.3 is 21.1 Å². The molecule has 0 spiro atoms. The molecule has 3 rings (SSSR count).